The lowest BCUT2D eigenvalue weighted by atomic mass is 10.3. The maximum atomic E-state index is 5.84. The summed E-state index contributed by atoms with van der Waals surface area (Å²) in [6, 6.07) is 11.4. The molecule has 3 rings (SSSR count). The molecule has 0 saturated heterocycles. The maximum absolute atomic E-state index is 5.84. The fraction of sp³-hybridized carbons (Fsp3) is 0.133. The van der Waals surface area contributed by atoms with E-state index in [0.717, 1.165) is 17.0 Å². The summed E-state index contributed by atoms with van der Waals surface area (Å²) in [5.41, 5.74) is 2.07. The van der Waals surface area contributed by atoms with E-state index in [1.165, 1.54) is 11.8 Å². The lowest BCUT2D eigenvalue weighted by Gasteiger charge is -2.02. The van der Waals surface area contributed by atoms with Gasteiger partial charge in [-0.2, -0.15) is 0 Å². The van der Waals surface area contributed by atoms with E-state index in [4.69, 9.17) is 16.0 Å². The zero-order valence-corrected chi connectivity index (χ0v) is 13.1. The zero-order valence-electron chi connectivity index (χ0n) is 11.6. The first kappa shape index (κ1) is 14.9. The summed E-state index contributed by atoms with van der Waals surface area (Å²) in [5, 5.41) is 12.5. The Hall–Kier alpha value is -2.05. The number of benzene rings is 1. The number of nitrogens with zero attached hydrogens (tertiary/aromatic N) is 3. The van der Waals surface area contributed by atoms with Crippen molar-refractivity contribution in [3.8, 4) is 0 Å². The van der Waals surface area contributed by atoms with Crippen LogP contribution in [0.3, 0.4) is 0 Å². The number of nitrogens with one attached hydrogen (secondary N) is 1. The first-order valence-corrected chi connectivity index (χ1v) is 7.99. The average molecular weight is 333 g/mol. The van der Waals surface area contributed by atoms with Gasteiger partial charge in [0, 0.05) is 28.9 Å². The molecule has 1 aromatic carbocycles. The lowest BCUT2D eigenvalue weighted by Crippen LogP contribution is -1.99. The highest BCUT2D eigenvalue weighted by Crippen LogP contribution is 2.21. The monoisotopic (exact) mass is 332 g/mol. The van der Waals surface area contributed by atoms with Crippen molar-refractivity contribution < 1.29 is 4.42 Å². The lowest BCUT2D eigenvalue weighted by molar-refractivity contribution is 0.418. The first-order chi connectivity index (χ1) is 10.8. The number of pyridine rings is 1. The Kier molecular flexibility index (Phi) is 4.92. The van der Waals surface area contributed by atoms with Crippen LogP contribution in [-0.2, 0) is 12.3 Å². The molecule has 0 aliphatic carbocycles. The van der Waals surface area contributed by atoms with E-state index in [-0.39, 0.29) is 0 Å². The number of hydrogen-bond donors (Lipinski definition) is 1. The Balaban J connectivity index is 1.51. The smallest absolute Gasteiger partial charge is 0.276 e. The van der Waals surface area contributed by atoms with Gasteiger partial charge in [-0.1, -0.05) is 29.4 Å². The molecule has 0 aliphatic rings. The molecular weight excluding hydrogens is 320 g/mol. The molecule has 0 unspecified atom stereocenters. The van der Waals surface area contributed by atoms with Crippen LogP contribution in [0.2, 0.25) is 5.02 Å². The Morgan fingerprint density at radius 2 is 2.00 bits per heavy atom. The van der Waals surface area contributed by atoms with Crippen LogP contribution in [0.15, 0.2) is 58.4 Å². The standard InChI is InChI=1S/C15H13ClN4OS/c16-12-3-5-13(6-4-12)18-9-14-19-20-15(21-14)22-10-11-2-1-7-17-8-11/h1-8,18H,9-10H2. The fourth-order valence-corrected chi connectivity index (χ4v) is 2.58. The third-order valence-electron chi connectivity index (χ3n) is 2.82. The highest BCUT2D eigenvalue weighted by atomic mass is 35.5. The van der Waals surface area contributed by atoms with Crippen molar-refractivity contribution in [1.29, 1.82) is 0 Å². The molecule has 7 heteroatoms. The number of hydrogen-bond acceptors (Lipinski definition) is 6. The molecule has 2 aromatic heterocycles. The zero-order chi connectivity index (χ0) is 15.2. The minimum Gasteiger partial charge on any atom is -0.414 e. The normalized spacial score (nSPS) is 10.6. The minimum absolute atomic E-state index is 0.474. The third kappa shape index (κ3) is 4.22. The van der Waals surface area contributed by atoms with E-state index in [0.29, 0.717) is 22.7 Å². The van der Waals surface area contributed by atoms with E-state index in [9.17, 15) is 0 Å². The molecule has 0 spiro atoms. The highest BCUT2D eigenvalue weighted by molar-refractivity contribution is 7.98. The van der Waals surface area contributed by atoms with E-state index < -0.39 is 0 Å². The Morgan fingerprint density at radius 1 is 1.14 bits per heavy atom. The van der Waals surface area contributed by atoms with Crippen LogP contribution in [0.5, 0.6) is 0 Å². The summed E-state index contributed by atoms with van der Waals surface area (Å²) in [4.78, 5) is 4.07. The minimum atomic E-state index is 0.474. The average Bonchev–Trinajstić information content (AvgIpc) is 3.01. The van der Waals surface area contributed by atoms with Crippen LogP contribution in [0.4, 0.5) is 5.69 Å². The summed E-state index contributed by atoms with van der Waals surface area (Å²) < 4.78 is 5.58. The van der Waals surface area contributed by atoms with Gasteiger partial charge in [0.15, 0.2) is 0 Å². The van der Waals surface area contributed by atoms with E-state index in [1.807, 2.05) is 42.6 Å². The quantitative estimate of drug-likeness (QED) is 0.688. The summed E-state index contributed by atoms with van der Waals surface area (Å²) >= 11 is 7.33. The second-order valence-corrected chi connectivity index (χ2v) is 5.84. The van der Waals surface area contributed by atoms with Crippen molar-refractivity contribution in [3.63, 3.8) is 0 Å². The van der Waals surface area contributed by atoms with Gasteiger partial charge in [-0.15, -0.1) is 10.2 Å². The second kappa shape index (κ2) is 7.29. The molecule has 0 saturated carbocycles. The van der Waals surface area contributed by atoms with Gasteiger partial charge in [-0.05, 0) is 35.9 Å². The van der Waals surface area contributed by atoms with E-state index >= 15 is 0 Å². The van der Waals surface area contributed by atoms with Gasteiger partial charge in [-0.3, -0.25) is 4.98 Å². The van der Waals surface area contributed by atoms with E-state index in [2.05, 4.69) is 20.5 Å². The molecule has 3 aromatic rings. The number of aromatic nitrogens is 3. The van der Waals surface area contributed by atoms with Crippen LogP contribution < -0.4 is 5.32 Å². The maximum Gasteiger partial charge on any atom is 0.276 e. The van der Waals surface area contributed by atoms with Crippen molar-refractivity contribution in [1.82, 2.24) is 15.2 Å². The van der Waals surface area contributed by atoms with Gasteiger partial charge in [0.05, 0.1) is 6.54 Å². The van der Waals surface area contributed by atoms with Crippen molar-refractivity contribution in [2.75, 3.05) is 5.32 Å². The molecule has 0 amide bonds. The van der Waals surface area contributed by atoms with Crippen molar-refractivity contribution in [2.45, 2.75) is 17.5 Å². The molecule has 0 fully saturated rings. The predicted molar refractivity (Wildman–Crippen MR) is 86.9 cm³/mol. The molecule has 112 valence electrons. The molecule has 0 radical (unpaired) electrons. The van der Waals surface area contributed by atoms with E-state index in [1.54, 1.807) is 6.20 Å². The Labute approximate surface area is 137 Å². The molecule has 5 nitrogen and oxygen atoms in total. The van der Waals surface area contributed by atoms with Gasteiger partial charge in [0.1, 0.15) is 0 Å². The third-order valence-corrected chi connectivity index (χ3v) is 3.96. The van der Waals surface area contributed by atoms with Crippen molar-refractivity contribution >= 4 is 29.1 Å². The molecule has 22 heavy (non-hydrogen) atoms. The molecule has 2 heterocycles. The number of rotatable bonds is 6. The van der Waals surface area contributed by atoms with Crippen LogP contribution in [0, 0.1) is 0 Å². The van der Waals surface area contributed by atoms with Gasteiger partial charge in [0.25, 0.3) is 5.22 Å². The largest absolute Gasteiger partial charge is 0.414 e. The summed E-state index contributed by atoms with van der Waals surface area (Å²) in [5.74, 6) is 1.30. The SMILES string of the molecule is Clc1ccc(NCc2nnc(SCc3cccnc3)o2)cc1. The Morgan fingerprint density at radius 3 is 2.77 bits per heavy atom. The van der Waals surface area contributed by atoms with Crippen LogP contribution in [0.1, 0.15) is 11.5 Å². The van der Waals surface area contributed by atoms with Crippen LogP contribution in [0.25, 0.3) is 0 Å². The van der Waals surface area contributed by atoms with Gasteiger partial charge in [0.2, 0.25) is 5.89 Å². The number of anilines is 1. The summed E-state index contributed by atoms with van der Waals surface area (Å²) in [6.45, 7) is 0.474. The van der Waals surface area contributed by atoms with Crippen molar-refractivity contribution in [3.05, 3.63) is 65.3 Å². The number of halogens is 1. The van der Waals surface area contributed by atoms with Crippen molar-refractivity contribution in [2.24, 2.45) is 0 Å². The summed E-state index contributed by atoms with van der Waals surface area (Å²) in [6.07, 6.45) is 3.58. The van der Waals surface area contributed by atoms with Crippen LogP contribution >= 0.6 is 23.4 Å². The first-order valence-electron chi connectivity index (χ1n) is 6.63. The van der Waals surface area contributed by atoms with Gasteiger partial charge in [-0.25, -0.2) is 0 Å². The fourth-order valence-electron chi connectivity index (χ4n) is 1.74. The predicted octanol–water partition coefficient (Wildman–Crippen LogP) is 4.02. The molecule has 0 bridgehead atoms. The molecule has 1 N–H and O–H groups in total. The molecule has 0 atom stereocenters. The molecule has 0 aliphatic heterocycles. The topological polar surface area (TPSA) is 63.8 Å². The second-order valence-electron chi connectivity index (χ2n) is 4.47. The van der Waals surface area contributed by atoms with Crippen LogP contribution in [-0.4, -0.2) is 15.2 Å². The highest BCUT2D eigenvalue weighted by Gasteiger charge is 2.07. The van der Waals surface area contributed by atoms with Gasteiger partial charge >= 0.3 is 0 Å². The van der Waals surface area contributed by atoms with Gasteiger partial charge < -0.3 is 9.73 Å². The number of thioether (sulfide) groups is 1. The summed E-state index contributed by atoms with van der Waals surface area (Å²) in [7, 11) is 0. The Bertz CT molecular complexity index is 718. The molecular formula is C15H13ClN4OS.